The molecule has 2 unspecified atom stereocenters. The Morgan fingerprint density at radius 1 is 0.763 bits per heavy atom. The molecule has 0 saturated carbocycles. The van der Waals surface area contributed by atoms with Crippen LogP contribution in [0.3, 0.4) is 0 Å². The van der Waals surface area contributed by atoms with Crippen molar-refractivity contribution in [1.29, 1.82) is 0 Å². The predicted molar refractivity (Wildman–Crippen MR) is 270 cm³/mol. The normalized spacial score (nSPS) is 30.3. The Balaban J connectivity index is 1.72. The Hall–Kier alpha value is -5.54. The van der Waals surface area contributed by atoms with Gasteiger partial charge < -0.3 is 88.1 Å². The molecule has 3 fully saturated rings. The number of hydrogen-bond acceptors (Lipinski definition) is 17. The molecular formula is C51H82N8O17. The van der Waals surface area contributed by atoms with E-state index >= 15 is 0 Å². The highest BCUT2D eigenvalue weighted by molar-refractivity contribution is 5.99. The van der Waals surface area contributed by atoms with Gasteiger partial charge in [-0.15, -0.1) is 0 Å². The van der Waals surface area contributed by atoms with Gasteiger partial charge in [-0.3, -0.25) is 38.4 Å². The summed E-state index contributed by atoms with van der Waals surface area (Å²) in [5, 5.41) is 111. The van der Waals surface area contributed by atoms with Gasteiger partial charge in [0.1, 0.15) is 48.2 Å². The summed E-state index contributed by atoms with van der Waals surface area (Å²) in [7, 11) is 0. The molecule has 76 heavy (non-hydrogen) atoms. The van der Waals surface area contributed by atoms with Gasteiger partial charge in [-0.05, 0) is 49.3 Å². The van der Waals surface area contributed by atoms with E-state index in [4.69, 9.17) is 5.73 Å². The summed E-state index contributed by atoms with van der Waals surface area (Å²) in [4.78, 5) is 113. The minimum atomic E-state index is -3.37. The van der Waals surface area contributed by atoms with Crippen LogP contribution in [-0.4, -0.2) is 195 Å². The fraction of sp³-hybridized carbons (Fsp3) is 0.725. The van der Waals surface area contributed by atoms with Gasteiger partial charge in [0.2, 0.25) is 41.2 Å². The van der Waals surface area contributed by atoms with Crippen LogP contribution in [0.25, 0.3) is 0 Å². The standard InChI is InChI=1S/C51H82N8O17/c1-6-26(2)19-27(3)13-11-9-7-8-10-12-14-39(67)53-33-22-37(65)46(71)57-50(75)51(76)43(68)28(4)24-59(51)49(74)42(36(64)23-38(52)66)56-47(72)41(35(63)20-30-15-17-31(61)18-16-30)55-45(70)34-21-32(62)25-58(34)48(73)40(29(5)60)54-44(33)69/h15-18,26-29,32-37,40-43,46,60-65,68,71,76H,6-14,19-25H2,1-5H3,(H2,52,66)(H,53,67)(H,54,69)(H,55,70)(H,56,72)(H,57,75)/t26?,27?,28-,29+,32+,33+,34-,35+,36+,37+,40-,41-,42-,43-,46+,51+/m0/s1. The molecule has 16 N–H and O–H groups in total. The van der Waals surface area contributed by atoms with Gasteiger partial charge >= 0.3 is 0 Å². The van der Waals surface area contributed by atoms with Crippen molar-refractivity contribution in [3.8, 4) is 5.75 Å². The highest BCUT2D eigenvalue weighted by Gasteiger charge is 2.60. The van der Waals surface area contributed by atoms with E-state index in [0.29, 0.717) is 29.6 Å². The number of fused-ring (bicyclic) bond motifs is 2. The maximum absolute atomic E-state index is 14.6. The number of aromatic hydroxyl groups is 1. The molecule has 0 spiro atoms. The van der Waals surface area contributed by atoms with E-state index in [0.717, 1.165) is 50.3 Å². The van der Waals surface area contributed by atoms with Crippen LogP contribution in [0.15, 0.2) is 24.3 Å². The summed E-state index contributed by atoms with van der Waals surface area (Å²) < 4.78 is 0. The lowest BCUT2D eigenvalue weighted by Gasteiger charge is -2.38. The molecule has 0 bridgehead atoms. The van der Waals surface area contributed by atoms with Crippen LogP contribution < -0.4 is 32.3 Å². The number of benzene rings is 1. The van der Waals surface area contributed by atoms with E-state index < -0.39 is 171 Å². The van der Waals surface area contributed by atoms with Crippen LogP contribution >= 0.6 is 0 Å². The molecule has 25 nitrogen and oxygen atoms in total. The third kappa shape index (κ3) is 17.0. The summed E-state index contributed by atoms with van der Waals surface area (Å²) in [6.45, 7) is 7.83. The fourth-order valence-corrected chi connectivity index (χ4v) is 10.0. The molecule has 16 atom stereocenters. The first-order valence-electron chi connectivity index (χ1n) is 26.4. The van der Waals surface area contributed by atoms with Gasteiger partial charge in [-0.1, -0.05) is 84.8 Å². The number of carbonyl (C=O) groups excluding carboxylic acids is 8. The van der Waals surface area contributed by atoms with Crippen molar-refractivity contribution in [1.82, 2.24) is 36.4 Å². The van der Waals surface area contributed by atoms with Crippen molar-refractivity contribution < 1.29 is 84.3 Å². The summed E-state index contributed by atoms with van der Waals surface area (Å²) in [6, 6.07) is -4.69. The molecule has 3 saturated heterocycles. The number of amides is 8. The minimum absolute atomic E-state index is 0.101. The number of nitrogens with one attached hydrogen (secondary N) is 5. The molecule has 1 aromatic carbocycles. The monoisotopic (exact) mass is 1080 g/mol. The second-order valence-corrected chi connectivity index (χ2v) is 21.2. The van der Waals surface area contributed by atoms with Crippen molar-refractivity contribution in [3.05, 3.63) is 29.8 Å². The molecule has 4 rings (SSSR count). The molecule has 8 amide bonds. The van der Waals surface area contributed by atoms with E-state index in [1.54, 1.807) is 0 Å². The van der Waals surface area contributed by atoms with Gasteiger partial charge in [0.05, 0.1) is 30.8 Å². The average molecular weight is 1080 g/mol. The Morgan fingerprint density at radius 2 is 1.37 bits per heavy atom. The summed E-state index contributed by atoms with van der Waals surface area (Å²) in [5.74, 6) is -10.2. The molecule has 3 aliphatic rings. The van der Waals surface area contributed by atoms with E-state index in [1.165, 1.54) is 37.6 Å². The molecule has 0 aliphatic carbocycles. The SMILES string of the molecule is CCC(C)CC(C)CCCCCCCCC(=O)N[C@@H]1C[C@@H](O)[C@@H](O)NC(=O)[C@]2(O)[C@@H](O)[C@@H](C)CN2C(=O)[C@H]([C@H](O)CC(N)=O)NC(=O)[C@H]([C@H](O)Cc2ccc(O)cc2)NC(=O)[C@@H]2C[C@@H](O)CN2C(=O)[C@H]([C@@H](C)O)NC1=O. The number of carbonyl (C=O) groups is 8. The molecule has 3 aliphatic heterocycles. The Labute approximate surface area is 442 Å². The highest BCUT2D eigenvalue weighted by atomic mass is 16.4. The number of rotatable bonds is 20. The van der Waals surface area contributed by atoms with Crippen LogP contribution in [0.5, 0.6) is 5.75 Å². The van der Waals surface area contributed by atoms with E-state index in [-0.39, 0.29) is 17.7 Å². The van der Waals surface area contributed by atoms with Crippen LogP contribution in [0.1, 0.15) is 124 Å². The third-order valence-corrected chi connectivity index (χ3v) is 14.7. The third-order valence-electron chi connectivity index (χ3n) is 14.7. The zero-order valence-electron chi connectivity index (χ0n) is 44.0. The summed E-state index contributed by atoms with van der Waals surface area (Å²) in [6.07, 6.45) is -8.82. The van der Waals surface area contributed by atoms with Gasteiger partial charge in [0.15, 0.2) is 6.23 Å². The van der Waals surface area contributed by atoms with Crippen LogP contribution in [0.4, 0.5) is 0 Å². The first-order valence-corrected chi connectivity index (χ1v) is 26.4. The second kappa shape index (κ2) is 28.7. The summed E-state index contributed by atoms with van der Waals surface area (Å²) in [5.41, 5.74) is 2.26. The van der Waals surface area contributed by atoms with Crippen molar-refractivity contribution in [2.45, 2.75) is 203 Å². The zero-order valence-corrected chi connectivity index (χ0v) is 44.0. The Bertz CT molecular complexity index is 2150. The first-order chi connectivity index (χ1) is 35.7. The van der Waals surface area contributed by atoms with Crippen LogP contribution in [-0.2, 0) is 44.8 Å². The number of phenols is 1. The van der Waals surface area contributed by atoms with Crippen molar-refractivity contribution in [3.63, 3.8) is 0 Å². The lowest BCUT2D eigenvalue weighted by atomic mass is 9.91. The molecule has 1 aromatic rings. The molecular weight excluding hydrogens is 997 g/mol. The number of primary amides is 1. The number of nitrogens with two attached hydrogens (primary N) is 1. The van der Waals surface area contributed by atoms with Gasteiger partial charge in [0.25, 0.3) is 11.8 Å². The highest BCUT2D eigenvalue weighted by Crippen LogP contribution is 2.34. The van der Waals surface area contributed by atoms with E-state index in [9.17, 15) is 84.3 Å². The lowest BCUT2D eigenvalue weighted by Crippen LogP contribution is -2.68. The minimum Gasteiger partial charge on any atom is -0.508 e. The van der Waals surface area contributed by atoms with Crippen LogP contribution in [0, 0.1) is 17.8 Å². The lowest BCUT2D eigenvalue weighted by molar-refractivity contribution is -0.189. The van der Waals surface area contributed by atoms with Gasteiger partial charge in [0, 0.05) is 44.7 Å². The fourth-order valence-electron chi connectivity index (χ4n) is 10.0. The maximum Gasteiger partial charge on any atom is 0.278 e. The van der Waals surface area contributed by atoms with Gasteiger partial charge in [-0.2, -0.15) is 0 Å². The molecule has 0 radical (unpaired) electrons. The van der Waals surface area contributed by atoms with Crippen molar-refractivity contribution >= 4 is 47.3 Å². The number of aliphatic hydroxyl groups is 8. The predicted octanol–water partition coefficient (Wildman–Crippen LogP) is -3.27. The van der Waals surface area contributed by atoms with E-state index in [2.05, 4.69) is 42.0 Å². The number of hydrogen-bond donors (Lipinski definition) is 15. The average Bonchev–Trinajstić information content (AvgIpc) is 3.86. The Kier molecular flexibility index (Phi) is 23.8. The molecule has 0 aromatic heterocycles. The molecule has 25 heteroatoms. The smallest absolute Gasteiger partial charge is 0.278 e. The zero-order chi connectivity index (χ0) is 56.8. The number of aliphatic hydroxyl groups excluding tert-OH is 7. The topological polar surface area (TPSA) is 411 Å². The van der Waals surface area contributed by atoms with Crippen molar-refractivity contribution in [2.24, 2.45) is 23.5 Å². The van der Waals surface area contributed by atoms with E-state index in [1.807, 2.05) is 5.32 Å². The number of phenolic OH excluding ortho intramolecular Hbond substituents is 1. The summed E-state index contributed by atoms with van der Waals surface area (Å²) >= 11 is 0. The Morgan fingerprint density at radius 3 is 1.99 bits per heavy atom. The molecule has 3 heterocycles. The largest absolute Gasteiger partial charge is 0.508 e. The second-order valence-electron chi connectivity index (χ2n) is 21.2. The maximum atomic E-state index is 14.6. The van der Waals surface area contributed by atoms with Crippen molar-refractivity contribution in [2.75, 3.05) is 13.1 Å². The first kappa shape index (κ1) is 63.0. The van der Waals surface area contributed by atoms with Crippen LogP contribution in [0.2, 0.25) is 0 Å². The quantitative estimate of drug-likeness (QED) is 0.0570. The number of unbranched alkanes of at least 4 members (excludes halogenated alkanes) is 5. The number of nitrogens with zero attached hydrogens (tertiary/aromatic N) is 2. The molecule has 428 valence electrons. The van der Waals surface area contributed by atoms with Gasteiger partial charge in [-0.25, -0.2) is 0 Å².